The number of aromatic nitrogens is 1. The fraction of sp³-hybridized carbons (Fsp3) is 0.0769. The van der Waals surface area contributed by atoms with Gasteiger partial charge in [0.25, 0.3) is 0 Å². The van der Waals surface area contributed by atoms with Crippen LogP contribution in [0.25, 0.3) is 0 Å². The number of carbonyl (C=O) groups excluding carboxylic acids is 1. The van der Waals surface area contributed by atoms with E-state index in [2.05, 4.69) is 15.6 Å². The van der Waals surface area contributed by atoms with E-state index in [9.17, 15) is 18.0 Å². The minimum atomic E-state index is -4.43. The van der Waals surface area contributed by atoms with Crippen LogP contribution in [-0.4, -0.2) is 16.5 Å². The number of thioether (sulfide) groups is 1. The van der Waals surface area contributed by atoms with Gasteiger partial charge >= 0.3 is 11.5 Å². The normalized spacial score (nSPS) is 11.2. The molecule has 4 nitrogen and oxygen atoms in total. The summed E-state index contributed by atoms with van der Waals surface area (Å²) in [7, 11) is 0. The molecule has 0 aliphatic carbocycles. The highest BCUT2D eigenvalue weighted by atomic mass is 35.5. The van der Waals surface area contributed by atoms with Crippen LogP contribution >= 0.6 is 35.0 Å². The predicted octanol–water partition coefficient (Wildman–Crippen LogP) is 5.64. The quantitative estimate of drug-likeness (QED) is 0.533. The fourth-order valence-electron chi connectivity index (χ4n) is 1.56. The van der Waals surface area contributed by atoms with E-state index in [1.807, 2.05) is 0 Å². The van der Waals surface area contributed by atoms with Gasteiger partial charge in [0.2, 0.25) is 0 Å². The standard InChI is InChI=1S/C13H8Cl2F3N3OS/c14-9-2-1-8(23-13(16,17)18)6-10(9)21-12(22)20-7-3-4-19-11(15)5-7/h1-6H,(H2,19,20,21,22). The van der Waals surface area contributed by atoms with Gasteiger partial charge in [-0.3, -0.25) is 0 Å². The van der Waals surface area contributed by atoms with Gasteiger partial charge in [-0.15, -0.1) is 0 Å². The van der Waals surface area contributed by atoms with Crippen LogP contribution in [0.1, 0.15) is 0 Å². The number of nitrogens with one attached hydrogen (secondary N) is 2. The van der Waals surface area contributed by atoms with E-state index in [1.54, 1.807) is 0 Å². The van der Waals surface area contributed by atoms with Crippen LogP contribution in [0, 0.1) is 0 Å². The van der Waals surface area contributed by atoms with E-state index in [1.165, 1.54) is 30.5 Å². The summed E-state index contributed by atoms with van der Waals surface area (Å²) < 4.78 is 37.1. The van der Waals surface area contributed by atoms with Crippen molar-refractivity contribution in [2.75, 3.05) is 10.6 Å². The van der Waals surface area contributed by atoms with Gasteiger partial charge in [0.1, 0.15) is 5.15 Å². The van der Waals surface area contributed by atoms with Crippen molar-refractivity contribution in [2.45, 2.75) is 10.4 Å². The lowest BCUT2D eigenvalue weighted by atomic mass is 10.3. The zero-order valence-corrected chi connectivity index (χ0v) is 13.4. The predicted molar refractivity (Wildman–Crippen MR) is 85.3 cm³/mol. The van der Waals surface area contributed by atoms with E-state index in [-0.39, 0.29) is 32.5 Å². The summed E-state index contributed by atoms with van der Waals surface area (Å²) >= 11 is 11.3. The minimum Gasteiger partial charge on any atom is -0.308 e. The second kappa shape index (κ2) is 7.29. The molecule has 2 aromatic rings. The van der Waals surface area contributed by atoms with Crippen molar-refractivity contribution in [1.82, 2.24) is 4.98 Å². The second-order valence-corrected chi connectivity index (χ2v) is 6.07. The highest BCUT2D eigenvalue weighted by molar-refractivity contribution is 8.00. The van der Waals surface area contributed by atoms with Gasteiger partial charge in [-0.25, -0.2) is 9.78 Å². The molecule has 23 heavy (non-hydrogen) atoms. The molecule has 0 saturated carbocycles. The molecule has 0 atom stereocenters. The first-order valence-electron chi connectivity index (χ1n) is 5.98. The zero-order valence-electron chi connectivity index (χ0n) is 11.1. The van der Waals surface area contributed by atoms with Crippen LogP contribution in [0.4, 0.5) is 29.3 Å². The SMILES string of the molecule is O=C(Nc1ccnc(Cl)c1)Nc1cc(SC(F)(F)F)ccc1Cl. The number of amides is 2. The van der Waals surface area contributed by atoms with Gasteiger partial charge in [0.05, 0.1) is 10.7 Å². The Bertz CT molecular complexity index is 728. The first-order chi connectivity index (χ1) is 10.7. The molecule has 0 saturated heterocycles. The topological polar surface area (TPSA) is 54.0 Å². The van der Waals surface area contributed by atoms with E-state index >= 15 is 0 Å². The molecule has 1 aromatic heterocycles. The molecule has 1 heterocycles. The molecule has 0 spiro atoms. The number of benzene rings is 1. The van der Waals surface area contributed by atoms with Crippen molar-refractivity contribution in [1.29, 1.82) is 0 Å². The van der Waals surface area contributed by atoms with Crippen LogP contribution in [0.3, 0.4) is 0 Å². The van der Waals surface area contributed by atoms with E-state index in [0.29, 0.717) is 5.69 Å². The van der Waals surface area contributed by atoms with Crippen LogP contribution in [-0.2, 0) is 0 Å². The second-order valence-electron chi connectivity index (χ2n) is 4.14. The fourth-order valence-corrected chi connectivity index (χ4v) is 2.48. The molecule has 2 rings (SSSR count). The number of halogens is 5. The van der Waals surface area contributed by atoms with Crippen LogP contribution in [0.2, 0.25) is 10.2 Å². The molecular formula is C13H8Cl2F3N3OS. The van der Waals surface area contributed by atoms with Gasteiger partial charge in [0.15, 0.2) is 0 Å². The van der Waals surface area contributed by atoms with Gasteiger partial charge in [0, 0.05) is 16.8 Å². The summed E-state index contributed by atoms with van der Waals surface area (Å²) in [6, 6.07) is 5.87. The Morgan fingerprint density at radius 3 is 2.52 bits per heavy atom. The number of urea groups is 1. The lowest BCUT2D eigenvalue weighted by Crippen LogP contribution is -2.19. The maximum absolute atomic E-state index is 12.4. The molecule has 122 valence electrons. The number of rotatable bonds is 3. The average Bonchev–Trinajstić information content (AvgIpc) is 2.41. The summed E-state index contributed by atoms with van der Waals surface area (Å²) in [6.07, 6.45) is 1.39. The number of alkyl halides is 3. The smallest absolute Gasteiger partial charge is 0.308 e. The highest BCUT2D eigenvalue weighted by Gasteiger charge is 2.29. The summed E-state index contributed by atoms with van der Waals surface area (Å²) in [6.45, 7) is 0. The molecule has 2 N–H and O–H groups in total. The Hall–Kier alpha value is -1.64. The summed E-state index contributed by atoms with van der Waals surface area (Å²) in [4.78, 5) is 15.5. The first kappa shape index (κ1) is 17.7. The lowest BCUT2D eigenvalue weighted by Gasteiger charge is -2.11. The zero-order chi connectivity index (χ0) is 17.0. The molecule has 0 aliphatic rings. The average molecular weight is 382 g/mol. The molecule has 1 aromatic carbocycles. The summed E-state index contributed by atoms with van der Waals surface area (Å²) in [5.74, 6) is 0. The number of nitrogens with zero attached hydrogens (tertiary/aromatic N) is 1. The third kappa shape index (κ3) is 5.81. The Balaban J connectivity index is 2.09. The maximum atomic E-state index is 12.4. The van der Waals surface area contributed by atoms with Crippen molar-refractivity contribution in [3.05, 3.63) is 46.7 Å². The number of carbonyl (C=O) groups is 1. The minimum absolute atomic E-state index is 0.0542. The first-order valence-corrected chi connectivity index (χ1v) is 7.55. The third-order valence-electron chi connectivity index (χ3n) is 2.40. The highest BCUT2D eigenvalue weighted by Crippen LogP contribution is 2.39. The van der Waals surface area contributed by atoms with Crippen molar-refractivity contribution >= 4 is 52.4 Å². The van der Waals surface area contributed by atoms with Gasteiger partial charge in [-0.2, -0.15) is 13.2 Å². The molecule has 2 amide bonds. The van der Waals surface area contributed by atoms with Crippen LogP contribution < -0.4 is 10.6 Å². The third-order valence-corrected chi connectivity index (χ3v) is 3.66. The van der Waals surface area contributed by atoms with Crippen molar-refractivity contribution < 1.29 is 18.0 Å². The van der Waals surface area contributed by atoms with Gasteiger partial charge < -0.3 is 10.6 Å². The van der Waals surface area contributed by atoms with E-state index < -0.39 is 11.5 Å². The molecule has 0 bridgehead atoms. The summed E-state index contributed by atoms with van der Waals surface area (Å²) in [5.41, 5.74) is -4.00. The molecular weight excluding hydrogens is 374 g/mol. The van der Waals surface area contributed by atoms with Crippen LogP contribution in [0.5, 0.6) is 0 Å². The largest absolute Gasteiger partial charge is 0.446 e. The van der Waals surface area contributed by atoms with E-state index in [0.717, 1.165) is 6.07 Å². The monoisotopic (exact) mass is 381 g/mol. The number of hydrogen-bond acceptors (Lipinski definition) is 3. The van der Waals surface area contributed by atoms with Crippen molar-refractivity contribution in [3.63, 3.8) is 0 Å². The van der Waals surface area contributed by atoms with Crippen molar-refractivity contribution in [2.24, 2.45) is 0 Å². The lowest BCUT2D eigenvalue weighted by molar-refractivity contribution is -0.0328. The number of anilines is 2. The molecule has 0 radical (unpaired) electrons. The van der Waals surface area contributed by atoms with Crippen molar-refractivity contribution in [3.8, 4) is 0 Å². The Kier molecular flexibility index (Phi) is 5.61. The Morgan fingerprint density at radius 2 is 1.87 bits per heavy atom. The molecule has 0 unspecified atom stereocenters. The number of pyridine rings is 1. The maximum Gasteiger partial charge on any atom is 0.446 e. The molecule has 0 aliphatic heterocycles. The number of hydrogen-bond donors (Lipinski definition) is 2. The molecule has 10 heteroatoms. The summed E-state index contributed by atoms with van der Waals surface area (Å²) in [5, 5.41) is 5.14. The van der Waals surface area contributed by atoms with E-state index in [4.69, 9.17) is 23.2 Å². The van der Waals surface area contributed by atoms with Gasteiger partial charge in [-0.1, -0.05) is 23.2 Å². The molecule has 0 fully saturated rings. The van der Waals surface area contributed by atoms with Gasteiger partial charge in [-0.05, 0) is 42.1 Å². The Labute approximate surface area is 143 Å². The Morgan fingerprint density at radius 1 is 1.13 bits per heavy atom. The van der Waals surface area contributed by atoms with Crippen LogP contribution in [0.15, 0.2) is 41.4 Å².